The Morgan fingerprint density at radius 1 is 1.03 bits per heavy atom. The number of aromatic nitrogens is 2. The second-order valence-corrected chi connectivity index (χ2v) is 9.46. The fraction of sp³-hybridized carbons (Fsp3) is 0.222. The average Bonchev–Trinajstić information content (AvgIpc) is 3.21. The highest BCUT2D eigenvalue weighted by atomic mass is 32.1. The van der Waals surface area contributed by atoms with Crippen LogP contribution in [0.4, 0.5) is 10.8 Å². The van der Waals surface area contributed by atoms with Crippen LogP contribution < -0.4 is 10.6 Å². The summed E-state index contributed by atoms with van der Waals surface area (Å²) in [5, 5.41) is 7.78. The van der Waals surface area contributed by atoms with Gasteiger partial charge in [0.05, 0.1) is 6.04 Å². The van der Waals surface area contributed by atoms with E-state index in [-0.39, 0.29) is 11.9 Å². The number of carbonyl (C=O) groups is 1. The predicted octanol–water partition coefficient (Wildman–Crippen LogP) is 6.18. The van der Waals surface area contributed by atoms with E-state index in [0.29, 0.717) is 5.56 Å². The van der Waals surface area contributed by atoms with Crippen molar-refractivity contribution in [3.05, 3.63) is 106 Å². The lowest BCUT2D eigenvalue weighted by Gasteiger charge is -2.24. The van der Waals surface area contributed by atoms with E-state index in [9.17, 15) is 4.79 Å². The molecule has 1 aliphatic rings. The molecule has 6 heteroatoms. The summed E-state index contributed by atoms with van der Waals surface area (Å²) in [4.78, 5) is 23.4. The van der Waals surface area contributed by atoms with Gasteiger partial charge in [0, 0.05) is 34.6 Å². The minimum Gasteiger partial charge on any atom is -0.359 e. The van der Waals surface area contributed by atoms with Crippen molar-refractivity contribution in [2.45, 2.75) is 38.6 Å². The lowest BCUT2D eigenvalue weighted by Crippen LogP contribution is -2.19. The topological polar surface area (TPSA) is 66.9 Å². The third-order valence-corrected chi connectivity index (χ3v) is 7.21. The summed E-state index contributed by atoms with van der Waals surface area (Å²) in [5.74, 6) is 0.717. The summed E-state index contributed by atoms with van der Waals surface area (Å²) in [6, 6.07) is 17.3. The third-order valence-electron chi connectivity index (χ3n) is 5.99. The molecule has 0 fully saturated rings. The highest BCUT2D eigenvalue weighted by Crippen LogP contribution is 2.44. The monoisotopic (exact) mass is 454 g/mol. The molecule has 0 aliphatic heterocycles. The molecule has 0 spiro atoms. The fourth-order valence-corrected chi connectivity index (χ4v) is 5.71. The average molecular weight is 455 g/mol. The Bertz CT molecular complexity index is 1250. The van der Waals surface area contributed by atoms with Crippen LogP contribution in [0, 0.1) is 6.92 Å². The summed E-state index contributed by atoms with van der Waals surface area (Å²) >= 11 is 1.71. The van der Waals surface area contributed by atoms with Crippen molar-refractivity contribution < 1.29 is 4.79 Å². The molecule has 1 aromatic carbocycles. The molecule has 3 heterocycles. The number of benzene rings is 1. The van der Waals surface area contributed by atoms with Crippen molar-refractivity contribution in [1.82, 2.24) is 9.97 Å². The second kappa shape index (κ2) is 9.55. The Labute approximate surface area is 197 Å². The maximum Gasteiger partial charge on any atom is 0.256 e. The molecule has 1 aliphatic carbocycles. The van der Waals surface area contributed by atoms with Gasteiger partial charge >= 0.3 is 0 Å². The first-order valence-corrected chi connectivity index (χ1v) is 12.1. The first-order valence-electron chi connectivity index (χ1n) is 11.3. The van der Waals surface area contributed by atoms with Crippen LogP contribution in [0.15, 0.2) is 73.2 Å². The molecule has 4 aromatic rings. The summed E-state index contributed by atoms with van der Waals surface area (Å²) in [5.41, 5.74) is 5.32. The Morgan fingerprint density at radius 3 is 2.67 bits per heavy atom. The van der Waals surface area contributed by atoms with Crippen LogP contribution in [0.2, 0.25) is 0 Å². The number of nitrogens with one attached hydrogen (secondary N) is 2. The summed E-state index contributed by atoms with van der Waals surface area (Å²) < 4.78 is 0. The fourth-order valence-electron chi connectivity index (χ4n) is 4.39. The van der Waals surface area contributed by atoms with Crippen molar-refractivity contribution in [3.63, 3.8) is 0 Å². The molecule has 1 atom stereocenters. The van der Waals surface area contributed by atoms with Gasteiger partial charge in [0.1, 0.15) is 10.8 Å². The van der Waals surface area contributed by atoms with Gasteiger partial charge in [-0.25, -0.2) is 4.98 Å². The molecular weight excluding hydrogens is 428 g/mol. The standard InChI is InChI=1S/C27H26N4OS/c1-18-13-15-29-23(16-18)30-25(20-10-7-14-28-17-20)24-21-11-5-6-12-22(21)33-27(24)31-26(32)19-8-3-2-4-9-19/h2-4,7-10,13-17,25H,5-6,11-12H2,1H3,(H,29,30)(H,31,32)/t25-/m1/s1. The molecule has 0 saturated carbocycles. The van der Waals surface area contributed by atoms with E-state index < -0.39 is 0 Å². The van der Waals surface area contributed by atoms with Gasteiger partial charge in [0.2, 0.25) is 0 Å². The minimum absolute atomic E-state index is 0.0888. The van der Waals surface area contributed by atoms with Crippen molar-refractivity contribution in [2.75, 3.05) is 10.6 Å². The van der Waals surface area contributed by atoms with E-state index in [0.717, 1.165) is 46.8 Å². The molecule has 0 radical (unpaired) electrons. The molecule has 166 valence electrons. The zero-order chi connectivity index (χ0) is 22.6. The van der Waals surface area contributed by atoms with Crippen LogP contribution in [-0.2, 0) is 12.8 Å². The molecule has 5 rings (SSSR count). The Kier molecular flexibility index (Phi) is 6.17. The number of nitrogens with zero attached hydrogens (tertiary/aromatic N) is 2. The maximum absolute atomic E-state index is 13.1. The van der Waals surface area contributed by atoms with Crippen molar-refractivity contribution in [3.8, 4) is 0 Å². The van der Waals surface area contributed by atoms with E-state index in [1.807, 2.05) is 60.9 Å². The van der Waals surface area contributed by atoms with Gasteiger partial charge in [-0.05, 0) is 79.6 Å². The maximum atomic E-state index is 13.1. The summed E-state index contributed by atoms with van der Waals surface area (Å²) in [7, 11) is 0. The largest absolute Gasteiger partial charge is 0.359 e. The van der Waals surface area contributed by atoms with Crippen LogP contribution in [0.25, 0.3) is 0 Å². The first-order chi connectivity index (χ1) is 16.2. The van der Waals surface area contributed by atoms with Crippen LogP contribution >= 0.6 is 11.3 Å². The molecular formula is C27H26N4OS. The number of pyridine rings is 2. The Balaban J connectivity index is 1.60. The second-order valence-electron chi connectivity index (χ2n) is 8.36. The number of thiophene rings is 1. The number of hydrogen-bond acceptors (Lipinski definition) is 5. The molecule has 2 N–H and O–H groups in total. The zero-order valence-electron chi connectivity index (χ0n) is 18.5. The minimum atomic E-state index is -0.169. The Morgan fingerprint density at radius 2 is 1.88 bits per heavy atom. The van der Waals surface area contributed by atoms with Gasteiger partial charge in [0.15, 0.2) is 0 Å². The van der Waals surface area contributed by atoms with E-state index in [1.165, 1.54) is 16.9 Å². The quantitative estimate of drug-likeness (QED) is 0.365. The number of rotatable bonds is 6. The highest BCUT2D eigenvalue weighted by molar-refractivity contribution is 7.16. The first kappa shape index (κ1) is 21.3. The van der Waals surface area contributed by atoms with Crippen molar-refractivity contribution in [1.29, 1.82) is 0 Å². The van der Waals surface area contributed by atoms with Crippen LogP contribution in [-0.4, -0.2) is 15.9 Å². The van der Waals surface area contributed by atoms with E-state index in [1.54, 1.807) is 17.5 Å². The molecule has 3 aromatic heterocycles. The van der Waals surface area contributed by atoms with E-state index >= 15 is 0 Å². The molecule has 0 unspecified atom stereocenters. The van der Waals surface area contributed by atoms with Gasteiger partial charge in [-0.2, -0.15) is 0 Å². The normalized spacial score (nSPS) is 13.7. The highest BCUT2D eigenvalue weighted by Gasteiger charge is 2.29. The zero-order valence-corrected chi connectivity index (χ0v) is 19.4. The molecule has 33 heavy (non-hydrogen) atoms. The number of anilines is 2. The Hall–Kier alpha value is -3.51. The van der Waals surface area contributed by atoms with Gasteiger partial charge in [-0.15, -0.1) is 11.3 Å². The third kappa shape index (κ3) is 4.66. The van der Waals surface area contributed by atoms with Crippen LogP contribution in [0.3, 0.4) is 0 Å². The number of fused-ring (bicyclic) bond motifs is 1. The molecule has 0 saturated heterocycles. The van der Waals surface area contributed by atoms with Gasteiger partial charge < -0.3 is 10.6 Å². The molecule has 1 amide bonds. The number of aryl methyl sites for hydroxylation is 2. The van der Waals surface area contributed by atoms with Crippen LogP contribution in [0.1, 0.15) is 56.4 Å². The predicted molar refractivity (Wildman–Crippen MR) is 134 cm³/mol. The van der Waals surface area contributed by atoms with Gasteiger partial charge in [0.25, 0.3) is 5.91 Å². The number of amides is 1. The van der Waals surface area contributed by atoms with Crippen LogP contribution in [0.5, 0.6) is 0 Å². The smallest absolute Gasteiger partial charge is 0.256 e. The molecule has 0 bridgehead atoms. The van der Waals surface area contributed by atoms with Crippen molar-refractivity contribution in [2.24, 2.45) is 0 Å². The lowest BCUT2D eigenvalue weighted by atomic mass is 9.90. The van der Waals surface area contributed by atoms with Gasteiger partial charge in [-0.1, -0.05) is 24.3 Å². The number of hydrogen-bond donors (Lipinski definition) is 2. The number of carbonyl (C=O) groups excluding carboxylic acids is 1. The van der Waals surface area contributed by atoms with E-state index in [4.69, 9.17) is 0 Å². The summed E-state index contributed by atoms with van der Waals surface area (Å²) in [6.45, 7) is 2.06. The summed E-state index contributed by atoms with van der Waals surface area (Å²) in [6.07, 6.45) is 9.91. The van der Waals surface area contributed by atoms with E-state index in [2.05, 4.69) is 33.6 Å². The van der Waals surface area contributed by atoms with Gasteiger partial charge in [-0.3, -0.25) is 9.78 Å². The SMILES string of the molecule is Cc1ccnc(N[C@H](c2cccnc2)c2c(NC(=O)c3ccccc3)sc3c2CCCC3)c1. The van der Waals surface area contributed by atoms with Crippen molar-refractivity contribution >= 4 is 28.1 Å². The molecule has 5 nitrogen and oxygen atoms in total. The lowest BCUT2D eigenvalue weighted by molar-refractivity contribution is 0.102.